The van der Waals surface area contributed by atoms with Gasteiger partial charge in [-0.25, -0.2) is 22.2 Å². The number of halogens is 7. The van der Waals surface area contributed by atoms with Crippen molar-refractivity contribution in [1.29, 1.82) is 0 Å². The van der Waals surface area contributed by atoms with Crippen molar-refractivity contribution in [3.8, 4) is 23.0 Å². The van der Waals surface area contributed by atoms with Crippen LogP contribution in [0.3, 0.4) is 0 Å². The van der Waals surface area contributed by atoms with Crippen LogP contribution in [0, 0.1) is 35.3 Å². The van der Waals surface area contributed by atoms with Gasteiger partial charge >= 0.3 is 6.18 Å². The molecule has 3 atom stereocenters. The van der Waals surface area contributed by atoms with Crippen LogP contribution in [0.25, 0.3) is 22.0 Å². The maximum absolute atomic E-state index is 15.4. The van der Waals surface area contributed by atoms with Crippen LogP contribution in [0.4, 0.5) is 30.7 Å². The normalized spacial score (nSPS) is 19.4. The molecule has 2 fully saturated rings. The largest absolute Gasteiger partial charge is 0.435 e. The zero-order chi connectivity index (χ0) is 41.3. The molecule has 4 heterocycles. The summed E-state index contributed by atoms with van der Waals surface area (Å²) >= 11 is 0. The number of carbonyl (C=O) groups excluding carboxylic acids is 1. The molecule has 9 nitrogen and oxygen atoms in total. The van der Waals surface area contributed by atoms with E-state index in [1.54, 1.807) is 37.4 Å². The number of sulfone groups is 1. The minimum Gasteiger partial charge on any atom is -0.381 e. The number of nitrogens with zero attached hydrogens (tertiary/aromatic N) is 5. The highest BCUT2D eigenvalue weighted by Crippen LogP contribution is 2.68. The fraction of sp³-hybridized carbons (Fsp3) is 0.415. The van der Waals surface area contributed by atoms with Crippen LogP contribution in [-0.4, -0.2) is 58.2 Å². The summed E-state index contributed by atoms with van der Waals surface area (Å²) in [5, 5.41) is 8.52. The van der Waals surface area contributed by atoms with Gasteiger partial charge in [0.2, 0.25) is 0 Å². The monoisotopic (exact) mass is 827 g/mol. The van der Waals surface area contributed by atoms with E-state index >= 15 is 8.78 Å². The molecule has 0 unspecified atom stereocenters. The summed E-state index contributed by atoms with van der Waals surface area (Å²) in [4.78, 5) is 19.0. The van der Waals surface area contributed by atoms with Crippen LogP contribution in [0.1, 0.15) is 77.1 Å². The summed E-state index contributed by atoms with van der Waals surface area (Å²) in [6.45, 7) is 0.156. The first kappa shape index (κ1) is 39.7. The molecule has 3 aromatic heterocycles. The van der Waals surface area contributed by atoms with Crippen LogP contribution in [0.2, 0.25) is 0 Å². The number of aromatic nitrogens is 5. The van der Waals surface area contributed by atoms with E-state index in [1.807, 2.05) is 0 Å². The number of ketones is 1. The van der Waals surface area contributed by atoms with E-state index < -0.39 is 87.0 Å². The molecule has 2 aromatic carbocycles. The number of alkyl halides is 5. The predicted molar refractivity (Wildman–Crippen MR) is 197 cm³/mol. The molecule has 17 heteroatoms. The molecule has 1 aliphatic heterocycles. The second-order valence-electron chi connectivity index (χ2n) is 15.4. The first-order chi connectivity index (χ1) is 27.4. The minimum absolute atomic E-state index is 0.0179. The third-order valence-corrected chi connectivity index (χ3v) is 11.8. The van der Waals surface area contributed by atoms with E-state index in [9.17, 15) is 35.2 Å². The lowest BCUT2D eigenvalue weighted by Gasteiger charge is -2.21. The fourth-order valence-electron chi connectivity index (χ4n) is 8.46. The van der Waals surface area contributed by atoms with Gasteiger partial charge in [0, 0.05) is 78.8 Å². The molecule has 8 rings (SSSR count). The Labute approximate surface area is 328 Å². The molecule has 5 aromatic rings. The second-order valence-corrected chi connectivity index (χ2v) is 17.5. The molecule has 3 aliphatic rings. The minimum atomic E-state index is -5.03. The Morgan fingerprint density at radius 1 is 1.03 bits per heavy atom. The molecule has 58 heavy (non-hydrogen) atoms. The van der Waals surface area contributed by atoms with Gasteiger partial charge in [0.15, 0.2) is 21.3 Å². The number of rotatable bonds is 10. The van der Waals surface area contributed by atoms with E-state index in [0.29, 0.717) is 64.5 Å². The summed E-state index contributed by atoms with van der Waals surface area (Å²) in [5.74, 6) is -3.56. The van der Waals surface area contributed by atoms with Gasteiger partial charge in [0.25, 0.3) is 5.92 Å². The molecule has 2 aliphatic carbocycles. The standard InChI is InChI=1S/C41H36F7N5O4S/c1-52-37-30(4-3-5-31(37)34(50-52)21-58(2,55)56)29-9-8-27(7-6-22-10-12-57-13-11-22)49-36(29)24(14-23-15-25(42)18-26(43)16-23)17-28(54)20-53-39-35(38(51-53)41(46,47)48)32-19-33(32)40(39,44)45/h3-5,8-9,15-16,18,22,24,32-33H,10-14,17,19-21H2,1-2H3/t24-,32+,33-/m1/s1. The quantitative estimate of drug-likeness (QED) is 0.105. The number of hydrogen-bond acceptors (Lipinski definition) is 7. The van der Waals surface area contributed by atoms with Crippen molar-refractivity contribution in [2.45, 2.75) is 68.3 Å². The SMILES string of the molecule is Cn1nc(CS(C)(=O)=O)c2cccc(-c3ccc(C#CC4CCOCC4)nc3[C@@H](CC(=O)Cn3nc(C(F)(F)F)c4c3C(F)(F)[C@@H]3C[C@H]43)Cc3cc(F)cc(F)c3)c21. The van der Waals surface area contributed by atoms with E-state index in [1.165, 1.54) is 4.68 Å². The maximum Gasteiger partial charge on any atom is 0.435 e. The summed E-state index contributed by atoms with van der Waals surface area (Å²) in [5.41, 5.74) is -0.553. The Balaban J connectivity index is 1.25. The molecular weight excluding hydrogens is 792 g/mol. The van der Waals surface area contributed by atoms with Crippen molar-refractivity contribution in [3.05, 3.63) is 99.8 Å². The van der Waals surface area contributed by atoms with Gasteiger partial charge in [-0.2, -0.15) is 32.1 Å². The van der Waals surface area contributed by atoms with Gasteiger partial charge in [0.1, 0.15) is 29.6 Å². The molecule has 0 radical (unpaired) electrons. The van der Waals surface area contributed by atoms with Crippen molar-refractivity contribution >= 4 is 26.5 Å². The molecule has 0 amide bonds. The molecule has 304 valence electrons. The highest BCUT2D eigenvalue weighted by molar-refractivity contribution is 7.89. The highest BCUT2D eigenvalue weighted by atomic mass is 32.2. The van der Waals surface area contributed by atoms with Gasteiger partial charge in [-0.15, -0.1) is 0 Å². The number of para-hydroxylation sites is 1. The first-order valence-corrected chi connectivity index (χ1v) is 20.7. The van der Waals surface area contributed by atoms with E-state index in [2.05, 4.69) is 22.0 Å². The van der Waals surface area contributed by atoms with E-state index in [0.717, 1.165) is 18.4 Å². The van der Waals surface area contributed by atoms with Crippen LogP contribution < -0.4 is 0 Å². The Morgan fingerprint density at radius 3 is 2.45 bits per heavy atom. The Bertz CT molecular complexity index is 2620. The Hall–Kier alpha value is -5.08. The molecule has 0 N–H and O–H groups in total. The molecule has 1 saturated heterocycles. The molecule has 1 saturated carbocycles. The van der Waals surface area contributed by atoms with Crippen LogP contribution in [0.15, 0.2) is 48.5 Å². The van der Waals surface area contributed by atoms with Crippen molar-refractivity contribution in [3.63, 3.8) is 0 Å². The number of ether oxygens (including phenoxy) is 1. The lowest BCUT2D eigenvalue weighted by Crippen LogP contribution is -2.24. The smallest absolute Gasteiger partial charge is 0.381 e. The summed E-state index contributed by atoms with van der Waals surface area (Å²) in [7, 11) is -1.87. The number of hydrogen-bond donors (Lipinski definition) is 0. The zero-order valence-electron chi connectivity index (χ0n) is 31.2. The van der Waals surface area contributed by atoms with Crippen molar-refractivity contribution in [2.75, 3.05) is 19.5 Å². The third-order valence-electron chi connectivity index (χ3n) is 11.0. The van der Waals surface area contributed by atoms with Gasteiger partial charge in [-0.3, -0.25) is 14.2 Å². The van der Waals surface area contributed by atoms with Gasteiger partial charge in [-0.1, -0.05) is 24.1 Å². The van der Waals surface area contributed by atoms with Crippen LogP contribution in [-0.2, 0) is 57.2 Å². The summed E-state index contributed by atoms with van der Waals surface area (Å²) < 4.78 is 134. The van der Waals surface area contributed by atoms with Crippen LogP contribution >= 0.6 is 0 Å². The average Bonchev–Trinajstić information content (AvgIpc) is 3.69. The molecule has 0 bridgehead atoms. The van der Waals surface area contributed by atoms with Crippen molar-refractivity contribution in [1.82, 2.24) is 24.5 Å². The summed E-state index contributed by atoms with van der Waals surface area (Å²) in [6.07, 6.45) is -3.38. The zero-order valence-corrected chi connectivity index (χ0v) is 32.0. The fourth-order valence-corrected chi connectivity index (χ4v) is 9.17. The molecule has 0 spiro atoms. The number of carbonyl (C=O) groups is 1. The predicted octanol–water partition coefficient (Wildman–Crippen LogP) is 7.65. The van der Waals surface area contributed by atoms with Gasteiger partial charge < -0.3 is 4.74 Å². The van der Waals surface area contributed by atoms with E-state index in [4.69, 9.17) is 9.72 Å². The number of pyridine rings is 1. The van der Waals surface area contributed by atoms with Crippen molar-refractivity contribution in [2.24, 2.45) is 18.9 Å². The molecular formula is C41H36F7N5O4S. The Kier molecular flexibility index (Phi) is 10.0. The number of fused-ring (bicyclic) bond motifs is 4. The Morgan fingerprint density at radius 2 is 1.76 bits per heavy atom. The third kappa shape index (κ3) is 7.75. The van der Waals surface area contributed by atoms with Crippen molar-refractivity contribution < 1.29 is 48.7 Å². The topological polar surface area (TPSA) is 109 Å². The lowest BCUT2D eigenvalue weighted by atomic mass is 9.86. The number of Topliss-reactive ketones (excluding diaryl/α,β-unsaturated/α-hetero) is 1. The highest BCUT2D eigenvalue weighted by Gasteiger charge is 2.68. The first-order valence-electron chi connectivity index (χ1n) is 18.6. The number of benzene rings is 2. The lowest BCUT2D eigenvalue weighted by molar-refractivity contribution is -0.142. The van der Waals surface area contributed by atoms with Gasteiger partial charge in [-0.05, 0) is 67.4 Å². The summed E-state index contributed by atoms with van der Waals surface area (Å²) in [6, 6.07) is 11.4. The average molecular weight is 828 g/mol. The van der Waals surface area contributed by atoms with E-state index in [-0.39, 0.29) is 41.5 Å². The van der Waals surface area contributed by atoms with Gasteiger partial charge in [0.05, 0.1) is 22.7 Å². The number of aryl methyl sites for hydroxylation is 1. The maximum atomic E-state index is 15.4. The second kappa shape index (κ2) is 14.6. The van der Waals surface area contributed by atoms with Crippen LogP contribution in [0.5, 0.6) is 0 Å².